The number of nitrogens with one attached hydrogen (secondary N) is 1. The monoisotopic (exact) mass is 438 g/mol. The third kappa shape index (κ3) is 3.83. The molecule has 0 unspecified atom stereocenters. The third-order valence-electron chi connectivity index (χ3n) is 4.31. The highest BCUT2D eigenvalue weighted by Gasteiger charge is 2.18. The summed E-state index contributed by atoms with van der Waals surface area (Å²) in [6.45, 7) is 1.97. The highest BCUT2D eigenvalue weighted by molar-refractivity contribution is 9.10. The van der Waals surface area contributed by atoms with Gasteiger partial charge >= 0.3 is 0 Å². The van der Waals surface area contributed by atoms with Crippen LogP contribution in [0.1, 0.15) is 25.1 Å². The van der Waals surface area contributed by atoms with Crippen molar-refractivity contribution in [2.75, 3.05) is 24.3 Å². The van der Waals surface area contributed by atoms with E-state index >= 15 is 0 Å². The first-order valence-electron chi connectivity index (χ1n) is 8.64. The second-order valence-corrected chi connectivity index (χ2v) is 7.97. The Bertz CT molecular complexity index is 827. The summed E-state index contributed by atoms with van der Waals surface area (Å²) in [7, 11) is 0. The minimum Gasteiger partial charge on any atom is -0.486 e. The number of aryl methyl sites for hydroxylation is 1. The minimum absolute atomic E-state index is 0.0988. The Labute approximate surface area is 164 Å². The van der Waals surface area contributed by atoms with E-state index in [1.54, 1.807) is 6.07 Å². The normalized spacial score (nSPS) is 15.9. The maximum atomic E-state index is 12.4. The fourth-order valence-electron chi connectivity index (χ4n) is 3.04. The van der Waals surface area contributed by atoms with E-state index in [2.05, 4.69) is 36.0 Å². The molecule has 2 aliphatic rings. The van der Waals surface area contributed by atoms with E-state index in [1.807, 2.05) is 6.07 Å². The van der Waals surface area contributed by atoms with Crippen LogP contribution in [-0.2, 0) is 17.8 Å². The summed E-state index contributed by atoms with van der Waals surface area (Å²) in [5.74, 6) is 2.53. The molecule has 1 aromatic carbocycles. The average Bonchev–Trinajstić information content (AvgIpc) is 2.87. The van der Waals surface area contributed by atoms with E-state index < -0.39 is 0 Å². The summed E-state index contributed by atoms with van der Waals surface area (Å²) in [5, 5.41) is 12.2. The Balaban J connectivity index is 1.40. The minimum atomic E-state index is -0.0988. The van der Waals surface area contributed by atoms with E-state index in [0.29, 0.717) is 30.4 Å². The lowest BCUT2D eigenvalue weighted by Gasteiger charge is -2.20. The van der Waals surface area contributed by atoms with Crippen molar-refractivity contribution in [1.82, 2.24) is 14.8 Å². The van der Waals surface area contributed by atoms with Crippen LogP contribution >= 0.6 is 27.7 Å². The number of rotatable bonds is 4. The van der Waals surface area contributed by atoms with Gasteiger partial charge in [0, 0.05) is 29.6 Å². The number of hydrogen-bond acceptors (Lipinski definition) is 6. The molecular weight excluding hydrogens is 420 g/mol. The molecule has 1 amide bonds. The van der Waals surface area contributed by atoms with Crippen LogP contribution in [0.15, 0.2) is 21.8 Å². The number of benzene rings is 1. The van der Waals surface area contributed by atoms with Gasteiger partial charge in [-0.25, -0.2) is 0 Å². The molecule has 26 heavy (non-hydrogen) atoms. The van der Waals surface area contributed by atoms with Gasteiger partial charge in [0.05, 0.1) is 11.4 Å². The van der Waals surface area contributed by atoms with Gasteiger partial charge in [0.2, 0.25) is 5.91 Å². The van der Waals surface area contributed by atoms with Crippen LogP contribution in [0.5, 0.6) is 11.5 Å². The number of hydrogen-bond donors (Lipinski definition) is 1. The molecular formula is C17H19BrN4O3S. The second kappa shape index (κ2) is 7.87. The Kier molecular flexibility index (Phi) is 5.35. The maximum Gasteiger partial charge on any atom is 0.234 e. The molecule has 0 radical (unpaired) electrons. The zero-order valence-electron chi connectivity index (χ0n) is 14.2. The van der Waals surface area contributed by atoms with Crippen molar-refractivity contribution in [3.8, 4) is 11.5 Å². The maximum absolute atomic E-state index is 12.4. The van der Waals surface area contributed by atoms with Crippen molar-refractivity contribution in [3.63, 3.8) is 0 Å². The summed E-state index contributed by atoms with van der Waals surface area (Å²) in [4.78, 5) is 12.4. The van der Waals surface area contributed by atoms with E-state index in [0.717, 1.165) is 41.3 Å². The van der Waals surface area contributed by atoms with Crippen LogP contribution in [0.3, 0.4) is 0 Å². The quantitative estimate of drug-likeness (QED) is 0.737. The zero-order valence-corrected chi connectivity index (χ0v) is 16.6. The Hall–Kier alpha value is -1.74. The number of nitrogens with zero attached hydrogens (tertiary/aromatic N) is 3. The Morgan fingerprint density at radius 1 is 1.19 bits per heavy atom. The number of fused-ring (bicyclic) bond motifs is 2. The van der Waals surface area contributed by atoms with Crippen LogP contribution in [-0.4, -0.2) is 39.6 Å². The van der Waals surface area contributed by atoms with Crippen molar-refractivity contribution >= 4 is 39.3 Å². The van der Waals surface area contributed by atoms with Gasteiger partial charge in [0.15, 0.2) is 16.7 Å². The molecule has 138 valence electrons. The number of aromatic nitrogens is 3. The van der Waals surface area contributed by atoms with Crippen LogP contribution in [0.25, 0.3) is 0 Å². The van der Waals surface area contributed by atoms with E-state index in [4.69, 9.17) is 9.47 Å². The van der Waals surface area contributed by atoms with Gasteiger partial charge in [-0.15, -0.1) is 10.2 Å². The van der Waals surface area contributed by atoms with Crippen molar-refractivity contribution in [2.45, 2.75) is 37.4 Å². The highest BCUT2D eigenvalue weighted by atomic mass is 79.9. The molecule has 4 rings (SSSR count). The van der Waals surface area contributed by atoms with Crippen molar-refractivity contribution in [2.24, 2.45) is 0 Å². The fraction of sp³-hybridized carbons (Fsp3) is 0.471. The molecule has 2 aromatic rings. The summed E-state index contributed by atoms with van der Waals surface area (Å²) >= 11 is 4.89. The number of ether oxygens (including phenoxy) is 2. The van der Waals surface area contributed by atoms with Crippen LogP contribution in [0.2, 0.25) is 0 Å². The molecule has 0 aliphatic carbocycles. The summed E-state index contributed by atoms with van der Waals surface area (Å²) in [5.41, 5.74) is 0.667. The summed E-state index contributed by atoms with van der Waals surface area (Å²) < 4.78 is 14.0. The van der Waals surface area contributed by atoms with Crippen LogP contribution in [0, 0.1) is 0 Å². The van der Waals surface area contributed by atoms with Crippen LogP contribution in [0.4, 0.5) is 5.69 Å². The van der Waals surface area contributed by atoms with Crippen molar-refractivity contribution in [1.29, 1.82) is 0 Å². The van der Waals surface area contributed by atoms with Gasteiger partial charge in [0.1, 0.15) is 19.0 Å². The van der Waals surface area contributed by atoms with Gasteiger partial charge in [-0.05, 0) is 28.8 Å². The van der Waals surface area contributed by atoms with E-state index in [9.17, 15) is 4.79 Å². The first-order valence-corrected chi connectivity index (χ1v) is 10.4. The molecule has 0 spiro atoms. The Morgan fingerprint density at radius 3 is 2.85 bits per heavy atom. The van der Waals surface area contributed by atoms with Crippen molar-refractivity contribution < 1.29 is 14.3 Å². The molecule has 0 fully saturated rings. The van der Waals surface area contributed by atoms with Gasteiger partial charge in [-0.1, -0.05) is 18.2 Å². The number of halogens is 1. The standard InChI is InChI=1S/C17H19BrN4O3S/c18-11-8-13-14(25-7-6-24-13)9-12(11)19-16(23)10-26-17-21-20-15-4-2-1-3-5-22(15)17/h8-9H,1-7,10H2,(H,19,23). The molecule has 0 bridgehead atoms. The zero-order chi connectivity index (χ0) is 17.9. The van der Waals surface area contributed by atoms with Crippen molar-refractivity contribution in [3.05, 3.63) is 22.4 Å². The van der Waals surface area contributed by atoms with Gasteiger partial charge < -0.3 is 19.4 Å². The molecule has 0 atom stereocenters. The molecule has 7 nitrogen and oxygen atoms in total. The first-order chi connectivity index (χ1) is 12.7. The molecule has 1 aromatic heterocycles. The van der Waals surface area contributed by atoms with Crippen LogP contribution < -0.4 is 14.8 Å². The van der Waals surface area contributed by atoms with Gasteiger partial charge in [0.25, 0.3) is 0 Å². The largest absolute Gasteiger partial charge is 0.486 e. The highest BCUT2D eigenvalue weighted by Crippen LogP contribution is 2.38. The number of carbonyl (C=O) groups is 1. The fourth-order valence-corrected chi connectivity index (χ4v) is 4.25. The SMILES string of the molecule is O=C(CSc1nnc2n1CCCCC2)Nc1cc2c(cc1Br)OCCO2. The molecule has 9 heteroatoms. The number of anilines is 1. The number of amides is 1. The average molecular weight is 439 g/mol. The summed E-state index contributed by atoms with van der Waals surface area (Å²) in [6.07, 6.45) is 4.46. The Morgan fingerprint density at radius 2 is 2.00 bits per heavy atom. The van der Waals surface area contributed by atoms with E-state index in [1.165, 1.54) is 18.2 Å². The predicted octanol–water partition coefficient (Wildman–Crippen LogP) is 3.27. The molecule has 2 aliphatic heterocycles. The lowest BCUT2D eigenvalue weighted by atomic mass is 10.2. The first kappa shape index (κ1) is 17.7. The number of carbonyl (C=O) groups excluding carboxylic acids is 1. The molecule has 1 N–H and O–H groups in total. The van der Waals surface area contributed by atoms with Gasteiger partial charge in [-0.2, -0.15) is 0 Å². The second-order valence-electron chi connectivity index (χ2n) is 6.17. The smallest absolute Gasteiger partial charge is 0.234 e. The van der Waals surface area contributed by atoms with Gasteiger partial charge in [-0.3, -0.25) is 4.79 Å². The molecule has 0 saturated carbocycles. The van der Waals surface area contributed by atoms with E-state index in [-0.39, 0.29) is 11.7 Å². The topological polar surface area (TPSA) is 78.3 Å². The molecule has 3 heterocycles. The lowest BCUT2D eigenvalue weighted by molar-refractivity contribution is -0.113. The molecule has 0 saturated heterocycles. The third-order valence-corrected chi connectivity index (χ3v) is 5.94. The predicted molar refractivity (Wildman–Crippen MR) is 102 cm³/mol. The summed E-state index contributed by atoms with van der Waals surface area (Å²) in [6, 6.07) is 3.60. The number of thioether (sulfide) groups is 1. The lowest BCUT2D eigenvalue weighted by Crippen LogP contribution is -2.18.